The largest absolute Gasteiger partial charge is 0.465 e. The van der Waals surface area contributed by atoms with Crippen LogP contribution in [0, 0.1) is 5.92 Å². The van der Waals surface area contributed by atoms with E-state index in [1.54, 1.807) is 43.3 Å². The molecule has 0 aromatic heterocycles. The Morgan fingerprint density at radius 2 is 1.69 bits per heavy atom. The van der Waals surface area contributed by atoms with Crippen LogP contribution in [0.5, 0.6) is 0 Å². The molecule has 0 unspecified atom stereocenters. The smallest absolute Gasteiger partial charge is 0.324 e. The molecule has 0 heterocycles. The highest BCUT2D eigenvalue weighted by molar-refractivity contribution is 9.10. The molecule has 1 atom stereocenters. The molecular formula is C21H25BrClNO4S. The first-order chi connectivity index (χ1) is 13.6. The maximum absolute atomic E-state index is 13.5. The second kappa shape index (κ2) is 10.6. The molecule has 0 radical (unpaired) electrons. The third-order valence-electron chi connectivity index (χ3n) is 4.27. The van der Waals surface area contributed by atoms with Crippen molar-refractivity contribution in [2.45, 2.75) is 44.7 Å². The van der Waals surface area contributed by atoms with Crippen LogP contribution in [0.2, 0.25) is 5.02 Å². The topological polar surface area (TPSA) is 63.7 Å². The van der Waals surface area contributed by atoms with Crippen molar-refractivity contribution in [2.24, 2.45) is 5.92 Å². The summed E-state index contributed by atoms with van der Waals surface area (Å²) < 4.78 is 34.3. The fourth-order valence-corrected chi connectivity index (χ4v) is 4.86. The van der Waals surface area contributed by atoms with E-state index < -0.39 is 22.0 Å². The molecule has 2 aromatic carbocycles. The number of ether oxygens (including phenoxy) is 1. The molecular weight excluding hydrogens is 478 g/mol. The molecule has 0 saturated carbocycles. The highest BCUT2D eigenvalue weighted by Gasteiger charge is 2.37. The van der Waals surface area contributed by atoms with Crippen LogP contribution in [0.1, 0.15) is 32.8 Å². The Morgan fingerprint density at radius 1 is 1.10 bits per heavy atom. The highest BCUT2D eigenvalue weighted by Crippen LogP contribution is 2.26. The standard InChI is InChI=1S/C21H25BrClNO4S/c1-4-28-21(25)20(13-15(2)3)24(14-16-5-9-18(23)10-6-16)29(26,27)19-11-7-17(22)8-12-19/h5-12,15,20H,4,13-14H2,1-3H3/t20-/m1/s1. The summed E-state index contributed by atoms with van der Waals surface area (Å²) in [5.74, 6) is -0.451. The zero-order chi connectivity index (χ0) is 21.6. The molecule has 0 aliphatic heterocycles. The lowest BCUT2D eigenvalue weighted by Crippen LogP contribution is -2.46. The molecule has 29 heavy (non-hydrogen) atoms. The molecule has 0 aliphatic carbocycles. The van der Waals surface area contributed by atoms with Crippen LogP contribution in [-0.2, 0) is 26.1 Å². The van der Waals surface area contributed by atoms with Gasteiger partial charge in [-0.05, 0) is 61.2 Å². The monoisotopic (exact) mass is 501 g/mol. The highest BCUT2D eigenvalue weighted by atomic mass is 79.9. The summed E-state index contributed by atoms with van der Waals surface area (Å²) in [6.07, 6.45) is 0.349. The lowest BCUT2D eigenvalue weighted by atomic mass is 10.0. The molecule has 0 fully saturated rings. The van der Waals surface area contributed by atoms with E-state index in [0.29, 0.717) is 11.4 Å². The first kappa shape index (κ1) is 23.9. The molecule has 158 valence electrons. The number of carbonyl (C=O) groups excluding carboxylic acids is 1. The zero-order valence-corrected chi connectivity index (χ0v) is 19.8. The van der Waals surface area contributed by atoms with Gasteiger partial charge in [-0.2, -0.15) is 4.31 Å². The van der Waals surface area contributed by atoms with Gasteiger partial charge in [-0.1, -0.05) is 53.5 Å². The predicted molar refractivity (Wildman–Crippen MR) is 118 cm³/mol. The van der Waals surface area contributed by atoms with Gasteiger partial charge in [0, 0.05) is 16.0 Å². The van der Waals surface area contributed by atoms with E-state index in [1.807, 2.05) is 13.8 Å². The minimum atomic E-state index is -3.96. The van der Waals surface area contributed by atoms with Crippen molar-refractivity contribution >= 4 is 43.5 Å². The van der Waals surface area contributed by atoms with Gasteiger partial charge >= 0.3 is 5.97 Å². The van der Waals surface area contributed by atoms with Crippen molar-refractivity contribution in [3.05, 3.63) is 63.6 Å². The Bertz CT molecular complexity index is 915. The Kier molecular flexibility index (Phi) is 8.70. The lowest BCUT2D eigenvalue weighted by molar-refractivity contribution is -0.148. The second-order valence-corrected chi connectivity index (χ2v) is 10.3. The van der Waals surface area contributed by atoms with Crippen molar-refractivity contribution in [3.63, 3.8) is 0 Å². The van der Waals surface area contributed by atoms with E-state index in [-0.39, 0.29) is 24.0 Å². The Hall–Kier alpha value is -1.41. The molecule has 0 aliphatic rings. The second-order valence-electron chi connectivity index (χ2n) is 7.03. The number of halogens is 2. The molecule has 0 N–H and O–H groups in total. The van der Waals surface area contributed by atoms with Crippen LogP contribution in [0.25, 0.3) is 0 Å². The normalized spacial score (nSPS) is 12.9. The van der Waals surface area contributed by atoms with Gasteiger partial charge in [-0.3, -0.25) is 4.79 Å². The van der Waals surface area contributed by atoms with E-state index in [9.17, 15) is 13.2 Å². The van der Waals surface area contributed by atoms with Gasteiger partial charge < -0.3 is 4.74 Å². The van der Waals surface area contributed by atoms with E-state index in [0.717, 1.165) is 10.0 Å². The summed E-state index contributed by atoms with van der Waals surface area (Å²) in [5.41, 5.74) is 0.730. The fourth-order valence-electron chi connectivity index (χ4n) is 2.89. The molecule has 2 aromatic rings. The Labute approximate surface area is 186 Å². The Balaban J connectivity index is 2.53. The van der Waals surface area contributed by atoms with Crippen LogP contribution in [0.15, 0.2) is 57.9 Å². The first-order valence-electron chi connectivity index (χ1n) is 9.33. The Morgan fingerprint density at radius 3 is 2.21 bits per heavy atom. The number of sulfonamides is 1. The van der Waals surface area contributed by atoms with Crippen molar-refractivity contribution in [2.75, 3.05) is 6.61 Å². The molecule has 0 saturated heterocycles. The number of nitrogens with zero attached hydrogens (tertiary/aromatic N) is 1. The number of hydrogen-bond acceptors (Lipinski definition) is 4. The van der Waals surface area contributed by atoms with E-state index >= 15 is 0 Å². The van der Waals surface area contributed by atoms with Gasteiger partial charge in [0.1, 0.15) is 6.04 Å². The zero-order valence-electron chi connectivity index (χ0n) is 16.6. The van der Waals surface area contributed by atoms with Crippen molar-refractivity contribution in [1.82, 2.24) is 4.31 Å². The summed E-state index contributed by atoms with van der Waals surface area (Å²) in [5, 5.41) is 0.556. The summed E-state index contributed by atoms with van der Waals surface area (Å²) in [6, 6.07) is 12.3. The van der Waals surface area contributed by atoms with Crippen molar-refractivity contribution in [1.29, 1.82) is 0 Å². The summed E-state index contributed by atoms with van der Waals surface area (Å²) in [7, 11) is -3.96. The minimum Gasteiger partial charge on any atom is -0.465 e. The molecule has 2 rings (SSSR count). The van der Waals surface area contributed by atoms with Crippen LogP contribution in [0.3, 0.4) is 0 Å². The third-order valence-corrected chi connectivity index (χ3v) is 6.92. The van der Waals surface area contributed by atoms with E-state index in [2.05, 4.69) is 15.9 Å². The van der Waals surface area contributed by atoms with Gasteiger partial charge in [0.15, 0.2) is 0 Å². The van der Waals surface area contributed by atoms with Gasteiger partial charge in [-0.15, -0.1) is 0 Å². The molecule has 8 heteroatoms. The molecule has 5 nitrogen and oxygen atoms in total. The predicted octanol–water partition coefficient (Wildman–Crippen LogP) is 5.27. The number of rotatable bonds is 9. The first-order valence-corrected chi connectivity index (χ1v) is 11.9. The van der Waals surface area contributed by atoms with E-state index in [1.165, 1.54) is 16.4 Å². The van der Waals surface area contributed by atoms with Gasteiger partial charge in [0.2, 0.25) is 10.0 Å². The average Bonchev–Trinajstić information content (AvgIpc) is 2.66. The third kappa shape index (κ3) is 6.54. The summed E-state index contributed by atoms with van der Waals surface area (Å²) >= 11 is 9.28. The number of benzene rings is 2. The molecule has 0 spiro atoms. The van der Waals surface area contributed by atoms with Crippen molar-refractivity contribution < 1.29 is 17.9 Å². The number of carbonyl (C=O) groups is 1. The van der Waals surface area contributed by atoms with Crippen LogP contribution < -0.4 is 0 Å². The summed E-state index contributed by atoms with van der Waals surface area (Å²) in [4.78, 5) is 12.9. The number of hydrogen-bond donors (Lipinski definition) is 0. The quantitative estimate of drug-likeness (QED) is 0.438. The fraction of sp³-hybridized carbons (Fsp3) is 0.381. The van der Waals surface area contributed by atoms with Crippen LogP contribution in [-0.4, -0.2) is 31.3 Å². The number of esters is 1. The maximum atomic E-state index is 13.5. The minimum absolute atomic E-state index is 0.0335. The van der Waals surface area contributed by atoms with Crippen LogP contribution in [0.4, 0.5) is 0 Å². The average molecular weight is 503 g/mol. The molecule has 0 amide bonds. The van der Waals surface area contributed by atoms with Gasteiger partial charge in [0.25, 0.3) is 0 Å². The SMILES string of the molecule is CCOC(=O)[C@@H](CC(C)C)N(Cc1ccc(Cl)cc1)S(=O)(=O)c1ccc(Br)cc1. The van der Waals surface area contributed by atoms with Gasteiger partial charge in [-0.25, -0.2) is 8.42 Å². The lowest BCUT2D eigenvalue weighted by Gasteiger charge is -2.30. The van der Waals surface area contributed by atoms with E-state index in [4.69, 9.17) is 16.3 Å². The van der Waals surface area contributed by atoms with Crippen LogP contribution >= 0.6 is 27.5 Å². The van der Waals surface area contributed by atoms with Crippen molar-refractivity contribution in [3.8, 4) is 0 Å². The molecule has 0 bridgehead atoms. The maximum Gasteiger partial charge on any atom is 0.324 e. The summed E-state index contributed by atoms with van der Waals surface area (Å²) in [6.45, 7) is 5.81. The van der Waals surface area contributed by atoms with Gasteiger partial charge in [0.05, 0.1) is 11.5 Å².